The van der Waals surface area contributed by atoms with E-state index < -0.39 is 11.8 Å². The van der Waals surface area contributed by atoms with Crippen LogP contribution in [-0.2, 0) is 0 Å². The summed E-state index contributed by atoms with van der Waals surface area (Å²) in [6.07, 6.45) is 0. The number of hydrogen-bond acceptors (Lipinski definition) is 3. The fourth-order valence-electron chi connectivity index (χ4n) is 1.59. The topological polar surface area (TPSA) is 53.0 Å². The number of halogens is 4. The van der Waals surface area contributed by atoms with Gasteiger partial charge in [-0.3, -0.25) is 0 Å². The van der Waals surface area contributed by atoms with Gasteiger partial charge in [0.15, 0.2) is 0 Å². The van der Waals surface area contributed by atoms with E-state index in [1.807, 2.05) is 0 Å². The Labute approximate surface area is 122 Å². The van der Waals surface area contributed by atoms with Crippen LogP contribution in [0.25, 0.3) is 11.1 Å². The first kappa shape index (κ1) is 14.1. The minimum absolute atomic E-state index is 0.00789. The summed E-state index contributed by atoms with van der Waals surface area (Å²) in [6.45, 7) is 0. The highest BCUT2D eigenvalue weighted by Gasteiger charge is 2.16. The van der Waals surface area contributed by atoms with Crippen LogP contribution in [0.5, 0.6) is 0 Å². The maximum absolute atomic E-state index is 13.0. The van der Waals surface area contributed by atoms with Gasteiger partial charge in [-0.05, 0) is 24.3 Å². The van der Waals surface area contributed by atoms with Gasteiger partial charge in [0.2, 0.25) is 0 Å². The molecule has 0 bridgehead atoms. The predicted molar refractivity (Wildman–Crippen MR) is 69.0 cm³/mol. The van der Waals surface area contributed by atoms with E-state index in [2.05, 4.69) is 4.98 Å². The largest absolute Gasteiger partial charge is 0.545 e. The number of nitrogens with zero attached hydrogens (tertiary/aromatic N) is 1. The van der Waals surface area contributed by atoms with Crippen LogP contribution in [0.4, 0.5) is 4.39 Å². The van der Waals surface area contributed by atoms with E-state index in [1.165, 1.54) is 6.07 Å². The molecule has 0 radical (unpaired) electrons. The van der Waals surface area contributed by atoms with Crippen molar-refractivity contribution < 1.29 is 14.3 Å². The molecule has 0 fully saturated rings. The summed E-state index contributed by atoms with van der Waals surface area (Å²) in [7, 11) is 0. The summed E-state index contributed by atoms with van der Waals surface area (Å²) in [4.78, 5) is 14.8. The number of carboxylic acids is 1. The molecule has 0 saturated carbocycles. The fourth-order valence-corrected chi connectivity index (χ4v) is 2.39. The molecular weight excluding hydrogens is 315 g/mol. The molecule has 0 amide bonds. The van der Waals surface area contributed by atoms with Crippen LogP contribution in [0.3, 0.4) is 0 Å². The average molecular weight is 320 g/mol. The zero-order valence-corrected chi connectivity index (χ0v) is 11.4. The van der Waals surface area contributed by atoms with Gasteiger partial charge in [0.1, 0.15) is 16.1 Å². The lowest BCUT2D eigenvalue weighted by atomic mass is 10.0. The average Bonchev–Trinajstić information content (AvgIpc) is 2.29. The lowest BCUT2D eigenvalue weighted by molar-refractivity contribution is -0.254. The third-order valence-corrected chi connectivity index (χ3v) is 3.14. The number of carbonyl (C=O) groups excluding carboxylic acids is 1. The first-order valence-corrected chi connectivity index (χ1v) is 6.06. The molecule has 19 heavy (non-hydrogen) atoms. The third-order valence-electron chi connectivity index (χ3n) is 2.36. The lowest BCUT2D eigenvalue weighted by Gasteiger charge is -2.13. The van der Waals surface area contributed by atoms with E-state index in [0.29, 0.717) is 0 Å². The van der Waals surface area contributed by atoms with Crippen LogP contribution in [-0.4, -0.2) is 11.0 Å². The molecule has 0 saturated heterocycles. The van der Waals surface area contributed by atoms with E-state index in [-0.39, 0.29) is 32.0 Å². The van der Waals surface area contributed by atoms with Crippen LogP contribution in [0.1, 0.15) is 10.4 Å². The van der Waals surface area contributed by atoms with Crippen molar-refractivity contribution in [1.82, 2.24) is 4.98 Å². The summed E-state index contributed by atoms with van der Waals surface area (Å²) >= 11 is 17.4. The summed E-state index contributed by atoms with van der Waals surface area (Å²) in [5.41, 5.74) is 0.00556. The Morgan fingerprint density at radius 3 is 2.47 bits per heavy atom. The molecule has 2 aromatic rings. The van der Waals surface area contributed by atoms with Gasteiger partial charge in [-0.2, -0.15) is 0 Å². The van der Waals surface area contributed by atoms with Gasteiger partial charge in [-0.25, -0.2) is 9.37 Å². The fraction of sp³-hybridized carbons (Fsp3) is 0. The van der Waals surface area contributed by atoms with Crippen molar-refractivity contribution in [2.24, 2.45) is 0 Å². The zero-order chi connectivity index (χ0) is 14.2. The Kier molecular flexibility index (Phi) is 3.94. The molecule has 1 aromatic heterocycles. The van der Waals surface area contributed by atoms with E-state index in [1.54, 1.807) is 0 Å². The highest BCUT2D eigenvalue weighted by atomic mass is 35.5. The summed E-state index contributed by atoms with van der Waals surface area (Å²) in [6, 6.07) is 4.57. The second-order valence-electron chi connectivity index (χ2n) is 3.57. The van der Waals surface area contributed by atoms with Crippen molar-refractivity contribution in [1.29, 1.82) is 0 Å². The second-order valence-corrected chi connectivity index (χ2v) is 4.72. The van der Waals surface area contributed by atoms with E-state index in [0.717, 1.165) is 18.2 Å². The smallest absolute Gasteiger partial charge is 0.139 e. The number of rotatable bonds is 2. The van der Waals surface area contributed by atoms with Crippen molar-refractivity contribution >= 4 is 40.8 Å². The van der Waals surface area contributed by atoms with Crippen LogP contribution in [0.15, 0.2) is 24.3 Å². The molecule has 3 nitrogen and oxygen atoms in total. The Morgan fingerprint density at radius 1 is 1.21 bits per heavy atom. The molecule has 98 valence electrons. The van der Waals surface area contributed by atoms with E-state index in [9.17, 15) is 14.3 Å². The van der Waals surface area contributed by atoms with Crippen LogP contribution < -0.4 is 5.11 Å². The van der Waals surface area contributed by atoms with Crippen molar-refractivity contribution in [3.63, 3.8) is 0 Å². The van der Waals surface area contributed by atoms with Gasteiger partial charge in [0.25, 0.3) is 0 Å². The van der Waals surface area contributed by atoms with Gasteiger partial charge >= 0.3 is 0 Å². The first-order valence-electron chi connectivity index (χ1n) is 4.93. The zero-order valence-electron chi connectivity index (χ0n) is 9.08. The summed E-state index contributed by atoms with van der Waals surface area (Å²) in [5, 5.41) is 10.9. The number of hydrogen-bond donors (Lipinski definition) is 0. The Morgan fingerprint density at radius 2 is 1.89 bits per heavy atom. The number of carbonyl (C=O) groups is 1. The second kappa shape index (κ2) is 5.33. The Balaban J connectivity index is 2.77. The number of pyridine rings is 1. The maximum Gasteiger partial charge on any atom is 0.139 e. The van der Waals surface area contributed by atoms with Crippen molar-refractivity contribution in [3.05, 3.63) is 51.0 Å². The molecule has 0 aliphatic rings. The van der Waals surface area contributed by atoms with Crippen molar-refractivity contribution in [2.75, 3.05) is 0 Å². The molecule has 0 aliphatic heterocycles. The van der Waals surface area contributed by atoms with Gasteiger partial charge in [-0.1, -0.05) is 34.8 Å². The Bertz CT molecular complexity index is 676. The highest BCUT2D eigenvalue weighted by molar-refractivity contribution is 6.37. The highest BCUT2D eigenvalue weighted by Crippen LogP contribution is 2.36. The molecule has 1 heterocycles. The first-order chi connectivity index (χ1) is 8.90. The van der Waals surface area contributed by atoms with Crippen molar-refractivity contribution in [3.8, 4) is 11.1 Å². The number of benzene rings is 1. The van der Waals surface area contributed by atoms with Gasteiger partial charge < -0.3 is 9.90 Å². The minimum Gasteiger partial charge on any atom is -0.545 e. The van der Waals surface area contributed by atoms with Crippen molar-refractivity contribution in [2.45, 2.75) is 0 Å². The molecule has 0 N–H and O–H groups in total. The van der Waals surface area contributed by atoms with Crippen LogP contribution in [0, 0.1) is 5.82 Å². The standard InChI is InChI=1S/C12H5Cl3FNO2/c13-8-3-5(16)1-2-6(8)10-7(12(18)19)4-9(14)17-11(10)15/h1-4H,(H,18,19)/p-1. The monoisotopic (exact) mass is 318 g/mol. The van der Waals surface area contributed by atoms with Crippen LogP contribution in [0.2, 0.25) is 15.3 Å². The van der Waals surface area contributed by atoms with E-state index in [4.69, 9.17) is 34.8 Å². The molecule has 0 atom stereocenters. The molecule has 0 aliphatic carbocycles. The molecule has 7 heteroatoms. The number of aromatic nitrogens is 1. The molecule has 2 rings (SSSR count). The Hall–Kier alpha value is -1.36. The quantitative estimate of drug-likeness (QED) is 0.799. The predicted octanol–water partition coefficient (Wildman–Crippen LogP) is 3.21. The molecule has 0 unspecified atom stereocenters. The normalized spacial score (nSPS) is 10.5. The van der Waals surface area contributed by atoms with Gasteiger partial charge in [0.05, 0.1) is 11.0 Å². The van der Waals surface area contributed by atoms with Crippen LogP contribution >= 0.6 is 34.8 Å². The maximum atomic E-state index is 13.0. The SMILES string of the molecule is O=C([O-])c1cc(Cl)nc(Cl)c1-c1ccc(F)cc1Cl. The summed E-state index contributed by atoms with van der Waals surface area (Å²) in [5.74, 6) is -2.04. The lowest BCUT2D eigenvalue weighted by Crippen LogP contribution is -2.23. The number of aromatic carboxylic acids is 1. The van der Waals surface area contributed by atoms with Gasteiger partial charge in [-0.15, -0.1) is 0 Å². The molecule has 0 spiro atoms. The third kappa shape index (κ3) is 2.81. The minimum atomic E-state index is -1.48. The molecular formula is C12H4Cl3FNO2-. The summed E-state index contributed by atoms with van der Waals surface area (Å²) < 4.78 is 13.0. The number of carboxylic acid groups (broad SMARTS) is 1. The van der Waals surface area contributed by atoms with E-state index >= 15 is 0 Å². The van der Waals surface area contributed by atoms with Gasteiger partial charge in [0, 0.05) is 16.7 Å². The molecule has 1 aromatic carbocycles.